The summed E-state index contributed by atoms with van der Waals surface area (Å²) in [6.45, 7) is 7.81. The number of nitrogens with zero attached hydrogens (tertiary/aromatic N) is 1. The molecule has 2 bridgehead atoms. The van der Waals surface area contributed by atoms with Crippen LogP contribution in [0.4, 0.5) is 0 Å². The first-order valence-electron chi connectivity index (χ1n) is 8.05. The number of benzene rings is 1. The summed E-state index contributed by atoms with van der Waals surface area (Å²) in [6, 6.07) is 7.21. The van der Waals surface area contributed by atoms with Gasteiger partial charge >= 0.3 is 0 Å². The predicted molar refractivity (Wildman–Crippen MR) is 87.0 cm³/mol. The van der Waals surface area contributed by atoms with Crippen LogP contribution in [0.2, 0.25) is 0 Å². The Bertz CT molecular complexity index is 778. The molecule has 0 amide bonds. The summed E-state index contributed by atoms with van der Waals surface area (Å²) in [7, 11) is -3.37. The second kappa shape index (κ2) is 4.24. The van der Waals surface area contributed by atoms with Gasteiger partial charge in [0.15, 0.2) is 0 Å². The van der Waals surface area contributed by atoms with Gasteiger partial charge in [0.25, 0.3) is 0 Å². The van der Waals surface area contributed by atoms with Gasteiger partial charge in [-0.15, -0.1) is 0 Å². The minimum atomic E-state index is -3.37. The molecule has 118 valence electrons. The molecule has 0 N–H and O–H groups in total. The molecule has 2 atom stereocenters. The van der Waals surface area contributed by atoms with Crippen molar-refractivity contribution in [2.75, 3.05) is 13.1 Å². The minimum absolute atomic E-state index is 0.136. The smallest absolute Gasteiger partial charge is 0.207 e. The van der Waals surface area contributed by atoms with Crippen LogP contribution in [0.5, 0.6) is 0 Å². The molecule has 22 heavy (non-hydrogen) atoms. The molecule has 4 rings (SSSR count). The van der Waals surface area contributed by atoms with Gasteiger partial charge in [0.05, 0.1) is 4.90 Å². The molecule has 2 aliphatic carbocycles. The van der Waals surface area contributed by atoms with Crippen molar-refractivity contribution in [1.29, 1.82) is 0 Å². The maximum atomic E-state index is 12.9. The van der Waals surface area contributed by atoms with Crippen LogP contribution in [-0.4, -0.2) is 25.8 Å². The molecule has 0 aromatic heterocycles. The van der Waals surface area contributed by atoms with Crippen LogP contribution in [0.1, 0.15) is 38.7 Å². The number of rotatable bonds is 2. The third kappa shape index (κ3) is 1.74. The lowest BCUT2D eigenvalue weighted by Crippen LogP contribution is -2.31. The first-order valence-corrected chi connectivity index (χ1v) is 9.49. The number of sulfonamides is 1. The fraction of sp³-hybridized carbons (Fsp3) is 0.556. The van der Waals surface area contributed by atoms with Crippen molar-refractivity contribution in [2.45, 2.75) is 44.9 Å². The zero-order valence-electron chi connectivity index (χ0n) is 13.5. The maximum Gasteiger partial charge on any atom is 0.243 e. The molecule has 2 unspecified atom stereocenters. The number of fused-ring (bicyclic) bond motifs is 1. The van der Waals surface area contributed by atoms with E-state index in [0.29, 0.717) is 23.4 Å². The van der Waals surface area contributed by atoms with Crippen molar-refractivity contribution >= 4 is 10.0 Å². The van der Waals surface area contributed by atoms with Gasteiger partial charge in [-0.25, -0.2) is 8.42 Å². The number of hydrogen-bond acceptors (Lipinski definition) is 2. The van der Waals surface area contributed by atoms with E-state index in [1.807, 2.05) is 19.1 Å². The third-order valence-electron chi connectivity index (χ3n) is 6.35. The van der Waals surface area contributed by atoms with Crippen LogP contribution in [0, 0.1) is 17.8 Å². The molecular formula is C18H23NO2S. The van der Waals surface area contributed by atoms with E-state index in [1.54, 1.807) is 16.4 Å². The van der Waals surface area contributed by atoms with Crippen LogP contribution in [-0.2, 0) is 10.0 Å². The van der Waals surface area contributed by atoms with Crippen LogP contribution >= 0.6 is 0 Å². The van der Waals surface area contributed by atoms with E-state index in [0.717, 1.165) is 18.4 Å². The van der Waals surface area contributed by atoms with E-state index in [1.165, 1.54) is 17.6 Å². The highest BCUT2D eigenvalue weighted by atomic mass is 32.2. The Morgan fingerprint density at radius 3 is 2.41 bits per heavy atom. The third-order valence-corrected chi connectivity index (χ3v) is 8.16. The van der Waals surface area contributed by atoms with E-state index < -0.39 is 10.0 Å². The summed E-state index contributed by atoms with van der Waals surface area (Å²) in [4.78, 5) is 0.425. The summed E-state index contributed by atoms with van der Waals surface area (Å²) in [5.74, 6) is 0. The topological polar surface area (TPSA) is 37.4 Å². The molecule has 2 fully saturated rings. The minimum Gasteiger partial charge on any atom is -0.207 e. The molecule has 1 saturated heterocycles. The van der Waals surface area contributed by atoms with Gasteiger partial charge in [0.1, 0.15) is 0 Å². The van der Waals surface area contributed by atoms with E-state index in [4.69, 9.17) is 0 Å². The van der Waals surface area contributed by atoms with Crippen LogP contribution < -0.4 is 0 Å². The van der Waals surface area contributed by atoms with Crippen molar-refractivity contribution in [3.8, 4) is 0 Å². The van der Waals surface area contributed by atoms with Gasteiger partial charge in [0.2, 0.25) is 10.0 Å². The second-order valence-electron chi connectivity index (χ2n) is 7.71. The molecule has 1 saturated carbocycles. The van der Waals surface area contributed by atoms with Crippen molar-refractivity contribution in [1.82, 2.24) is 4.31 Å². The Labute approximate surface area is 133 Å². The average molecular weight is 317 g/mol. The summed E-state index contributed by atoms with van der Waals surface area (Å²) in [6.07, 6.45) is 3.50. The number of allylic oxidation sites excluding steroid dienone is 1. The molecular weight excluding hydrogens is 294 g/mol. The Morgan fingerprint density at radius 1 is 1.09 bits per heavy atom. The van der Waals surface area contributed by atoms with Crippen LogP contribution in [0.3, 0.4) is 0 Å². The first kappa shape index (κ1) is 14.5. The summed E-state index contributed by atoms with van der Waals surface area (Å²) in [5.41, 5.74) is 4.42. The van der Waals surface area contributed by atoms with Gasteiger partial charge in [-0.2, -0.15) is 4.31 Å². The molecule has 1 aromatic carbocycles. The Morgan fingerprint density at radius 2 is 1.77 bits per heavy atom. The van der Waals surface area contributed by atoms with E-state index >= 15 is 0 Å². The Balaban J connectivity index is 1.71. The van der Waals surface area contributed by atoms with Gasteiger partial charge in [0, 0.05) is 18.5 Å². The molecule has 3 nitrogen and oxygen atoms in total. The van der Waals surface area contributed by atoms with Crippen molar-refractivity contribution in [2.24, 2.45) is 10.8 Å². The molecule has 1 aromatic rings. The molecule has 1 spiro atoms. The second-order valence-corrected chi connectivity index (χ2v) is 9.65. The quantitative estimate of drug-likeness (QED) is 0.783. The highest BCUT2D eigenvalue weighted by molar-refractivity contribution is 7.89. The fourth-order valence-electron chi connectivity index (χ4n) is 4.89. The molecule has 3 aliphatic rings. The standard InChI is InChI=1S/C18H23NO2S/c1-13-4-6-15(7-5-13)22(20,21)19-10-16-14(2)17(3)8-9-18(16,11-17)12-19/h4-7H,8-12H2,1-3H3. The van der Waals surface area contributed by atoms with Crippen molar-refractivity contribution in [3.05, 3.63) is 41.0 Å². The maximum absolute atomic E-state index is 12.9. The van der Waals surface area contributed by atoms with Crippen LogP contribution in [0.25, 0.3) is 0 Å². The normalized spacial score (nSPS) is 34.5. The number of hydrogen-bond donors (Lipinski definition) is 0. The van der Waals surface area contributed by atoms with Gasteiger partial charge in [-0.1, -0.05) is 30.2 Å². The Hall–Kier alpha value is -1.13. The van der Waals surface area contributed by atoms with E-state index in [-0.39, 0.29) is 5.41 Å². The van der Waals surface area contributed by atoms with E-state index in [9.17, 15) is 8.42 Å². The molecule has 1 aliphatic heterocycles. The highest BCUT2D eigenvalue weighted by Gasteiger charge is 2.60. The van der Waals surface area contributed by atoms with Crippen LogP contribution in [0.15, 0.2) is 40.3 Å². The lowest BCUT2D eigenvalue weighted by molar-refractivity contribution is 0.337. The molecule has 0 radical (unpaired) electrons. The highest BCUT2D eigenvalue weighted by Crippen LogP contribution is 2.66. The largest absolute Gasteiger partial charge is 0.243 e. The lowest BCUT2D eigenvalue weighted by atomic mass is 9.80. The SMILES string of the molecule is CC1=C2CN(S(=O)(=O)c3ccc(C)cc3)CC23CCC1(C)C3. The number of aryl methyl sites for hydroxylation is 1. The van der Waals surface area contributed by atoms with Crippen molar-refractivity contribution < 1.29 is 8.42 Å². The summed E-state index contributed by atoms with van der Waals surface area (Å²) >= 11 is 0. The van der Waals surface area contributed by atoms with Gasteiger partial charge in [-0.05, 0) is 56.2 Å². The Kier molecular flexibility index (Phi) is 2.78. The summed E-state index contributed by atoms with van der Waals surface area (Å²) < 4.78 is 27.6. The lowest BCUT2D eigenvalue weighted by Gasteiger charge is -2.25. The monoisotopic (exact) mass is 317 g/mol. The zero-order chi connectivity index (χ0) is 15.8. The fourth-order valence-corrected chi connectivity index (χ4v) is 6.39. The average Bonchev–Trinajstić information content (AvgIpc) is 3.06. The van der Waals surface area contributed by atoms with Crippen molar-refractivity contribution in [3.63, 3.8) is 0 Å². The predicted octanol–water partition coefficient (Wildman–Crippen LogP) is 3.51. The summed E-state index contributed by atoms with van der Waals surface area (Å²) in [5, 5.41) is 0. The molecule has 4 heteroatoms. The van der Waals surface area contributed by atoms with Gasteiger partial charge < -0.3 is 0 Å². The van der Waals surface area contributed by atoms with E-state index in [2.05, 4.69) is 13.8 Å². The molecule has 1 heterocycles. The first-order chi connectivity index (χ1) is 10.3. The van der Waals surface area contributed by atoms with Gasteiger partial charge in [-0.3, -0.25) is 0 Å². The zero-order valence-corrected chi connectivity index (χ0v) is 14.3.